The molecule has 0 aliphatic rings. The van der Waals surface area contributed by atoms with E-state index in [2.05, 4.69) is 21.2 Å². The lowest BCUT2D eigenvalue weighted by atomic mass is 9.87. The number of nitrogens with two attached hydrogens (primary N) is 1. The van der Waals surface area contributed by atoms with Crippen LogP contribution in [0.25, 0.3) is 0 Å². The van der Waals surface area contributed by atoms with Crippen molar-refractivity contribution in [1.82, 2.24) is 0 Å². The predicted molar refractivity (Wildman–Crippen MR) is 70.1 cm³/mol. The van der Waals surface area contributed by atoms with E-state index in [1.807, 2.05) is 0 Å². The Kier molecular flexibility index (Phi) is 4.45. The average Bonchev–Trinajstić information content (AvgIpc) is 2.20. The van der Waals surface area contributed by atoms with Crippen LogP contribution in [0.15, 0.2) is 16.6 Å². The highest BCUT2D eigenvalue weighted by Gasteiger charge is 2.28. The molecule has 0 radical (unpaired) electrons. The first-order valence-electron chi connectivity index (χ1n) is 5.34. The molecule has 0 bridgehead atoms. The van der Waals surface area contributed by atoms with Gasteiger partial charge >= 0.3 is 0 Å². The lowest BCUT2D eigenvalue weighted by Gasteiger charge is -2.26. The van der Waals surface area contributed by atoms with E-state index >= 15 is 0 Å². The van der Waals surface area contributed by atoms with Crippen molar-refractivity contribution in [3.8, 4) is 0 Å². The summed E-state index contributed by atoms with van der Waals surface area (Å²) in [6, 6.07) is 0.971. The second-order valence-electron chi connectivity index (χ2n) is 5.08. The first-order chi connectivity index (χ1) is 8.12. The van der Waals surface area contributed by atoms with Gasteiger partial charge in [0.2, 0.25) is 5.91 Å². The van der Waals surface area contributed by atoms with Crippen molar-refractivity contribution in [2.24, 2.45) is 11.1 Å². The van der Waals surface area contributed by atoms with Crippen molar-refractivity contribution in [2.75, 3.05) is 5.32 Å². The van der Waals surface area contributed by atoms with Crippen molar-refractivity contribution < 1.29 is 13.6 Å². The molecule has 0 unspecified atom stereocenters. The van der Waals surface area contributed by atoms with Crippen molar-refractivity contribution in [3.63, 3.8) is 0 Å². The smallest absolute Gasteiger partial charge is 0.241 e. The minimum absolute atomic E-state index is 0.110. The van der Waals surface area contributed by atoms with Crippen LogP contribution in [0.5, 0.6) is 0 Å². The predicted octanol–water partition coefficient (Wildman–Crippen LogP) is 3.04. The molecule has 6 heteroatoms. The summed E-state index contributed by atoms with van der Waals surface area (Å²) in [5.41, 5.74) is 5.19. The summed E-state index contributed by atoms with van der Waals surface area (Å²) in [6.07, 6.45) is 0. The molecule has 3 N–H and O–H groups in total. The lowest BCUT2D eigenvalue weighted by molar-refractivity contribution is -0.119. The first-order valence-corrected chi connectivity index (χ1v) is 6.13. The van der Waals surface area contributed by atoms with Gasteiger partial charge in [-0.3, -0.25) is 4.79 Å². The molecular formula is C12H15BrF2N2O. The van der Waals surface area contributed by atoms with E-state index in [1.165, 1.54) is 0 Å². The molecule has 0 fully saturated rings. The number of carbonyl (C=O) groups excluding carboxylic acids is 1. The van der Waals surface area contributed by atoms with Gasteiger partial charge in [0, 0.05) is 10.5 Å². The standard InChI is InChI=1S/C12H15BrF2N2O/c1-12(2,3)10(16)11(18)17-9-7(13)4-6(14)5-8(9)15/h4-5,10H,16H2,1-3H3,(H,17,18)/t10-/m0/s1. The molecule has 100 valence electrons. The molecule has 0 spiro atoms. The fraction of sp³-hybridized carbons (Fsp3) is 0.417. The van der Waals surface area contributed by atoms with Crippen LogP contribution in [0.3, 0.4) is 0 Å². The molecule has 1 atom stereocenters. The van der Waals surface area contributed by atoms with Crippen molar-refractivity contribution in [3.05, 3.63) is 28.2 Å². The molecule has 18 heavy (non-hydrogen) atoms. The van der Waals surface area contributed by atoms with Crippen LogP contribution >= 0.6 is 15.9 Å². The van der Waals surface area contributed by atoms with Crippen LogP contribution in [0, 0.1) is 17.0 Å². The third-order valence-corrected chi connectivity index (χ3v) is 3.10. The van der Waals surface area contributed by atoms with Crippen LogP contribution in [0.1, 0.15) is 20.8 Å². The van der Waals surface area contributed by atoms with E-state index in [0.29, 0.717) is 6.07 Å². The van der Waals surface area contributed by atoms with Gasteiger partial charge in [-0.2, -0.15) is 0 Å². The maximum Gasteiger partial charge on any atom is 0.241 e. The number of halogens is 3. The highest BCUT2D eigenvalue weighted by atomic mass is 79.9. The SMILES string of the molecule is CC(C)(C)[C@@H](N)C(=O)Nc1c(F)cc(F)cc1Br. The number of carbonyl (C=O) groups is 1. The molecule has 0 aliphatic heterocycles. The minimum Gasteiger partial charge on any atom is -0.321 e. The number of anilines is 1. The third-order valence-electron chi connectivity index (χ3n) is 2.47. The normalized spacial score (nSPS) is 13.3. The molecule has 0 saturated carbocycles. The molecular weight excluding hydrogens is 306 g/mol. The fourth-order valence-electron chi connectivity index (χ4n) is 1.26. The first kappa shape index (κ1) is 15.0. The maximum atomic E-state index is 13.5. The number of hydrogen-bond acceptors (Lipinski definition) is 2. The zero-order valence-electron chi connectivity index (χ0n) is 10.4. The van der Waals surface area contributed by atoms with E-state index in [0.717, 1.165) is 6.07 Å². The minimum atomic E-state index is -0.851. The molecule has 1 rings (SSSR count). The van der Waals surface area contributed by atoms with Gasteiger partial charge in [0.05, 0.1) is 11.7 Å². The number of hydrogen-bond donors (Lipinski definition) is 2. The highest BCUT2D eigenvalue weighted by Crippen LogP contribution is 2.28. The van der Waals surface area contributed by atoms with E-state index in [-0.39, 0.29) is 10.2 Å². The number of rotatable bonds is 2. The monoisotopic (exact) mass is 320 g/mol. The maximum absolute atomic E-state index is 13.5. The molecule has 1 amide bonds. The molecule has 1 aromatic carbocycles. The average molecular weight is 321 g/mol. The van der Waals surface area contributed by atoms with Gasteiger partial charge in [-0.1, -0.05) is 20.8 Å². The Labute approximate surface area is 113 Å². The summed E-state index contributed by atoms with van der Waals surface area (Å²) in [7, 11) is 0. The summed E-state index contributed by atoms with van der Waals surface area (Å²) in [5, 5.41) is 2.36. The Morgan fingerprint density at radius 3 is 2.39 bits per heavy atom. The molecule has 0 aromatic heterocycles. The summed E-state index contributed by atoms with van der Waals surface area (Å²) < 4.78 is 26.5. The summed E-state index contributed by atoms with van der Waals surface area (Å²) >= 11 is 2.99. The topological polar surface area (TPSA) is 55.1 Å². The summed E-state index contributed by atoms with van der Waals surface area (Å²) in [6.45, 7) is 5.40. The van der Waals surface area contributed by atoms with E-state index < -0.39 is 29.0 Å². The fourth-order valence-corrected chi connectivity index (χ4v) is 1.76. The van der Waals surface area contributed by atoms with Crippen LogP contribution in [0.4, 0.5) is 14.5 Å². The van der Waals surface area contributed by atoms with Crippen LogP contribution in [0.2, 0.25) is 0 Å². The van der Waals surface area contributed by atoms with E-state index in [9.17, 15) is 13.6 Å². The van der Waals surface area contributed by atoms with Gasteiger partial charge in [0.25, 0.3) is 0 Å². The number of amides is 1. The van der Waals surface area contributed by atoms with Gasteiger partial charge in [-0.05, 0) is 27.4 Å². The molecule has 1 aromatic rings. The van der Waals surface area contributed by atoms with Gasteiger partial charge < -0.3 is 11.1 Å². The van der Waals surface area contributed by atoms with Crippen LogP contribution in [-0.4, -0.2) is 11.9 Å². The molecule has 3 nitrogen and oxygen atoms in total. The zero-order chi connectivity index (χ0) is 14.1. The Balaban J connectivity index is 2.96. The zero-order valence-corrected chi connectivity index (χ0v) is 11.9. The van der Waals surface area contributed by atoms with Crippen LogP contribution < -0.4 is 11.1 Å². The van der Waals surface area contributed by atoms with E-state index in [4.69, 9.17) is 5.73 Å². The van der Waals surface area contributed by atoms with Gasteiger partial charge in [0.1, 0.15) is 5.82 Å². The molecule has 0 aliphatic carbocycles. The molecule has 0 saturated heterocycles. The second kappa shape index (κ2) is 5.32. The van der Waals surface area contributed by atoms with Gasteiger partial charge in [0.15, 0.2) is 5.82 Å². The third kappa shape index (κ3) is 3.49. The largest absolute Gasteiger partial charge is 0.321 e. The van der Waals surface area contributed by atoms with Crippen molar-refractivity contribution in [1.29, 1.82) is 0 Å². The second-order valence-corrected chi connectivity index (χ2v) is 5.93. The highest BCUT2D eigenvalue weighted by molar-refractivity contribution is 9.10. The van der Waals surface area contributed by atoms with Crippen molar-refractivity contribution >= 4 is 27.5 Å². The Bertz CT molecular complexity index is 449. The van der Waals surface area contributed by atoms with Crippen LogP contribution in [-0.2, 0) is 4.79 Å². The quantitative estimate of drug-likeness (QED) is 0.880. The van der Waals surface area contributed by atoms with Gasteiger partial charge in [-0.25, -0.2) is 8.78 Å². The Morgan fingerprint density at radius 2 is 1.94 bits per heavy atom. The molecule has 0 heterocycles. The Morgan fingerprint density at radius 1 is 1.39 bits per heavy atom. The Hall–Kier alpha value is -1.01. The number of benzene rings is 1. The summed E-state index contributed by atoms with van der Waals surface area (Å²) in [4.78, 5) is 11.8. The lowest BCUT2D eigenvalue weighted by Crippen LogP contribution is -2.45. The van der Waals surface area contributed by atoms with Gasteiger partial charge in [-0.15, -0.1) is 0 Å². The number of nitrogens with one attached hydrogen (secondary N) is 1. The van der Waals surface area contributed by atoms with Crippen molar-refractivity contribution in [2.45, 2.75) is 26.8 Å². The van der Waals surface area contributed by atoms with E-state index in [1.54, 1.807) is 20.8 Å². The summed E-state index contributed by atoms with van der Waals surface area (Å²) in [5.74, 6) is -2.09.